The Labute approximate surface area is 79.7 Å². The van der Waals surface area contributed by atoms with Crippen molar-refractivity contribution in [3.8, 4) is 0 Å². The number of fused-ring (bicyclic) bond motifs is 1. The van der Waals surface area contributed by atoms with Gasteiger partial charge in [-0.05, 0) is 31.9 Å². The first-order valence-corrected chi connectivity index (χ1v) is 6.29. The van der Waals surface area contributed by atoms with Crippen LogP contribution < -0.4 is 5.32 Å². The van der Waals surface area contributed by atoms with Crippen molar-refractivity contribution in [1.82, 2.24) is 5.32 Å². The minimum absolute atomic E-state index is 0.755. The summed E-state index contributed by atoms with van der Waals surface area (Å²) in [5, 5.41) is 4.69. The maximum absolute atomic E-state index is 3.76. The number of nitrogens with one attached hydrogen (secondary N) is 1. The van der Waals surface area contributed by atoms with Crippen LogP contribution in [0, 0.1) is 0 Å². The van der Waals surface area contributed by atoms with Gasteiger partial charge in [0.25, 0.3) is 0 Å². The van der Waals surface area contributed by atoms with Crippen LogP contribution in [0.25, 0.3) is 0 Å². The fourth-order valence-corrected chi connectivity index (χ4v) is 3.90. The molecule has 1 aliphatic carbocycles. The number of rotatable bonds is 0. The second kappa shape index (κ2) is 4.01. The molecule has 0 radical (unpaired) electrons. The molecule has 1 heterocycles. The summed E-state index contributed by atoms with van der Waals surface area (Å²) < 4.78 is 0. The van der Waals surface area contributed by atoms with Gasteiger partial charge in [0.1, 0.15) is 0 Å². The van der Waals surface area contributed by atoms with Crippen LogP contribution in [0.3, 0.4) is 0 Å². The summed E-state index contributed by atoms with van der Waals surface area (Å²) in [5.41, 5.74) is 0. The zero-order chi connectivity index (χ0) is 8.39. The molecule has 0 spiro atoms. The first-order chi connectivity index (χ1) is 5.86. The smallest absolute Gasteiger partial charge is 0.0201 e. The molecular formula is C10H19NS. The predicted octanol–water partition coefficient (Wildman–Crippen LogP) is 2.41. The van der Waals surface area contributed by atoms with Crippen LogP contribution in [0.4, 0.5) is 0 Å². The van der Waals surface area contributed by atoms with Gasteiger partial charge in [-0.3, -0.25) is 0 Å². The fraction of sp³-hybridized carbons (Fsp3) is 1.00. The summed E-state index contributed by atoms with van der Waals surface area (Å²) in [6.07, 6.45) is 7.14. The molecule has 0 amide bonds. The molecule has 1 aliphatic heterocycles. The Morgan fingerprint density at radius 1 is 1.17 bits per heavy atom. The minimum Gasteiger partial charge on any atom is -0.310 e. The SMILES string of the molecule is CC1CCSC2CCCCC2N1. The van der Waals surface area contributed by atoms with Gasteiger partial charge in [0.2, 0.25) is 0 Å². The molecule has 2 rings (SSSR count). The van der Waals surface area contributed by atoms with Crippen LogP contribution in [-0.4, -0.2) is 23.1 Å². The largest absolute Gasteiger partial charge is 0.310 e. The van der Waals surface area contributed by atoms with E-state index in [1.807, 2.05) is 0 Å². The second-order valence-electron chi connectivity index (χ2n) is 4.16. The third-order valence-electron chi connectivity index (χ3n) is 3.08. The van der Waals surface area contributed by atoms with Crippen LogP contribution in [0.15, 0.2) is 0 Å². The molecular weight excluding hydrogens is 166 g/mol. The highest BCUT2D eigenvalue weighted by molar-refractivity contribution is 7.99. The van der Waals surface area contributed by atoms with Crippen molar-refractivity contribution in [2.24, 2.45) is 0 Å². The Morgan fingerprint density at radius 3 is 2.92 bits per heavy atom. The van der Waals surface area contributed by atoms with Gasteiger partial charge in [-0.2, -0.15) is 11.8 Å². The zero-order valence-corrected chi connectivity index (χ0v) is 8.70. The highest BCUT2D eigenvalue weighted by atomic mass is 32.2. The van der Waals surface area contributed by atoms with Crippen LogP contribution in [0.1, 0.15) is 39.0 Å². The molecule has 0 aromatic rings. The van der Waals surface area contributed by atoms with E-state index in [9.17, 15) is 0 Å². The maximum atomic E-state index is 3.76. The van der Waals surface area contributed by atoms with E-state index in [1.54, 1.807) is 0 Å². The quantitative estimate of drug-likeness (QED) is 0.622. The van der Waals surface area contributed by atoms with Gasteiger partial charge in [0.15, 0.2) is 0 Å². The molecule has 2 heteroatoms. The normalized spacial score (nSPS) is 43.2. The predicted molar refractivity (Wildman–Crippen MR) is 55.7 cm³/mol. The molecule has 1 N–H and O–H groups in total. The molecule has 1 saturated heterocycles. The summed E-state index contributed by atoms with van der Waals surface area (Å²) in [4.78, 5) is 0. The monoisotopic (exact) mass is 185 g/mol. The average Bonchev–Trinajstić information content (AvgIpc) is 2.25. The lowest BCUT2D eigenvalue weighted by Crippen LogP contribution is -2.42. The molecule has 0 bridgehead atoms. The summed E-state index contributed by atoms with van der Waals surface area (Å²) in [6.45, 7) is 2.33. The van der Waals surface area contributed by atoms with E-state index >= 15 is 0 Å². The van der Waals surface area contributed by atoms with Gasteiger partial charge in [-0.25, -0.2) is 0 Å². The molecule has 3 atom stereocenters. The van der Waals surface area contributed by atoms with Crippen molar-refractivity contribution in [3.05, 3.63) is 0 Å². The molecule has 2 aliphatic rings. The van der Waals surface area contributed by atoms with Gasteiger partial charge in [-0.1, -0.05) is 12.8 Å². The van der Waals surface area contributed by atoms with Crippen LogP contribution in [0.5, 0.6) is 0 Å². The Hall–Kier alpha value is 0.310. The summed E-state index contributed by atoms with van der Waals surface area (Å²) >= 11 is 2.21. The van der Waals surface area contributed by atoms with E-state index in [4.69, 9.17) is 0 Å². The van der Waals surface area contributed by atoms with Crippen molar-refractivity contribution in [3.63, 3.8) is 0 Å². The molecule has 0 aromatic heterocycles. The summed E-state index contributed by atoms with van der Waals surface area (Å²) in [7, 11) is 0. The van der Waals surface area contributed by atoms with E-state index in [1.165, 1.54) is 37.9 Å². The molecule has 1 nitrogen and oxygen atoms in total. The molecule has 2 fully saturated rings. The Morgan fingerprint density at radius 2 is 2.00 bits per heavy atom. The Kier molecular flexibility index (Phi) is 2.97. The van der Waals surface area contributed by atoms with Gasteiger partial charge >= 0.3 is 0 Å². The third kappa shape index (κ3) is 1.97. The molecule has 3 unspecified atom stereocenters. The standard InChI is InChI=1S/C10H19NS/c1-8-6-7-12-10-5-3-2-4-9(10)11-8/h8-11H,2-7H2,1H3. The van der Waals surface area contributed by atoms with E-state index < -0.39 is 0 Å². The van der Waals surface area contributed by atoms with E-state index in [0.717, 1.165) is 17.3 Å². The lowest BCUT2D eigenvalue weighted by atomic mass is 9.94. The number of thioether (sulfide) groups is 1. The van der Waals surface area contributed by atoms with Crippen molar-refractivity contribution in [2.75, 3.05) is 5.75 Å². The van der Waals surface area contributed by atoms with Gasteiger partial charge in [0.05, 0.1) is 0 Å². The first-order valence-electron chi connectivity index (χ1n) is 5.24. The van der Waals surface area contributed by atoms with Crippen molar-refractivity contribution in [1.29, 1.82) is 0 Å². The lowest BCUT2D eigenvalue weighted by molar-refractivity contribution is 0.357. The molecule has 0 aromatic carbocycles. The Balaban J connectivity index is 1.96. The Bertz CT molecular complexity index is 149. The highest BCUT2D eigenvalue weighted by Crippen LogP contribution is 2.31. The maximum Gasteiger partial charge on any atom is 0.0201 e. The molecule has 1 saturated carbocycles. The van der Waals surface area contributed by atoms with Crippen LogP contribution in [-0.2, 0) is 0 Å². The summed E-state index contributed by atoms with van der Waals surface area (Å²) in [5.74, 6) is 1.37. The van der Waals surface area contributed by atoms with Crippen molar-refractivity contribution >= 4 is 11.8 Å². The lowest BCUT2D eigenvalue weighted by Gasteiger charge is -2.30. The molecule has 70 valence electrons. The number of hydrogen-bond acceptors (Lipinski definition) is 2. The minimum atomic E-state index is 0.755. The van der Waals surface area contributed by atoms with Gasteiger partial charge < -0.3 is 5.32 Å². The third-order valence-corrected chi connectivity index (χ3v) is 4.55. The second-order valence-corrected chi connectivity index (χ2v) is 5.50. The topological polar surface area (TPSA) is 12.0 Å². The zero-order valence-electron chi connectivity index (χ0n) is 7.88. The van der Waals surface area contributed by atoms with E-state index in [-0.39, 0.29) is 0 Å². The van der Waals surface area contributed by atoms with Crippen LogP contribution in [0.2, 0.25) is 0 Å². The van der Waals surface area contributed by atoms with E-state index in [0.29, 0.717) is 0 Å². The number of hydrogen-bond donors (Lipinski definition) is 1. The van der Waals surface area contributed by atoms with Crippen molar-refractivity contribution < 1.29 is 0 Å². The van der Waals surface area contributed by atoms with E-state index in [2.05, 4.69) is 24.0 Å². The van der Waals surface area contributed by atoms with Crippen LogP contribution >= 0.6 is 11.8 Å². The fourth-order valence-electron chi connectivity index (χ4n) is 2.33. The van der Waals surface area contributed by atoms with Gasteiger partial charge in [0, 0.05) is 17.3 Å². The molecule has 12 heavy (non-hydrogen) atoms. The van der Waals surface area contributed by atoms with Gasteiger partial charge in [-0.15, -0.1) is 0 Å². The summed E-state index contributed by atoms with van der Waals surface area (Å²) in [6, 6.07) is 1.59. The first kappa shape index (κ1) is 8.89. The highest BCUT2D eigenvalue weighted by Gasteiger charge is 2.28. The average molecular weight is 185 g/mol. The van der Waals surface area contributed by atoms with Crippen molar-refractivity contribution in [2.45, 2.75) is 56.4 Å².